The van der Waals surface area contributed by atoms with Crippen molar-refractivity contribution >= 4 is 29.4 Å². The Morgan fingerprint density at radius 2 is 1.67 bits per heavy atom. The van der Waals surface area contributed by atoms with Gasteiger partial charge < -0.3 is 5.32 Å². The van der Waals surface area contributed by atoms with Gasteiger partial charge in [0.25, 0.3) is 0 Å². The summed E-state index contributed by atoms with van der Waals surface area (Å²) < 4.78 is 27.0. The Hall–Kier alpha value is -2.84. The van der Waals surface area contributed by atoms with Crippen LogP contribution in [0.1, 0.15) is 19.8 Å². The Morgan fingerprint density at radius 1 is 1.08 bits per heavy atom. The summed E-state index contributed by atoms with van der Waals surface area (Å²) in [6.45, 7) is 1.11. The van der Waals surface area contributed by atoms with E-state index in [1.807, 2.05) is 12.2 Å². The number of carbonyl (C=O) groups excluding carboxylic acids is 4. The van der Waals surface area contributed by atoms with Crippen molar-refractivity contribution in [3.63, 3.8) is 0 Å². The van der Waals surface area contributed by atoms with Crippen LogP contribution in [-0.2, 0) is 14.4 Å². The van der Waals surface area contributed by atoms with Crippen molar-refractivity contribution in [1.29, 1.82) is 0 Å². The summed E-state index contributed by atoms with van der Waals surface area (Å²) in [6.07, 6.45) is 1.23. The largest absolute Gasteiger partial charge is 0.334 e. The van der Waals surface area contributed by atoms with Crippen molar-refractivity contribution < 1.29 is 28.0 Å². The molecule has 24 heavy (non-hydrogen) atoms. The van der Waals surface area contributed by atoms with Gasteiger partial charge in [0, 0.05) is 6.54 Å². The van der Waals surface area contributed by atoms with Gasteiger partial charge in [-0.15, -0.1) is 0 Å². The molecule has 1 aliphatic heterocycles. The number of halogens is 2. The maximum absolute atomic E-state index is 13.5. The van der Waals surface area contributed by atoms with Gasteiger partial charge in [-0.3, -0.25) is 19.3 Å². The number of imide groups is 2. The van der Waals surface area contributed by atoms with E-state index < -0.39 is 47.6 Å². The van der Waals surface area contributed by atoms with Crippen molar-refractivity contribution in [1.82, 2.24) is 9.80 Å². The van der Waals surface area contributed by atoms with Crippen LogP contribution in [-0.4, -0.2) is 46.6 Å². The number of para-hydroxylation sites is 1. The third kappa shape index (κ3) is 3.39. The number of nitrogens with zero attached hydrogens (tertiary/aromatic N) is 2. The van der Waals surface area contributed by atoms with Crippen LogP contribution in [0.2, 0.25) is 0 Å². The molecule has 0 saturated carbocycles. The molecule has 1 aliphatic rings. The second-order valence-corrected chi connectivity index (χ2v) is 5.13. The lowest BCUT2D eigenvalue weighted by Crippen LogP contribution is -2.39. The minimum absolute atomic E-state index is 0.0694. The minimum atomic E-state index is -1.14. The highest BCUT2D eigenvalue weighted by Gasteiger charge is 2.44. The Bertz CT molecular complexity index is 688. The summed E-state index contributed by atoms with van der Waals surface area (Å²) in [7, 11) is 0. The number of anilines is 1. The lowest BCUT2D eigenvalue weighted by atomic mass is 10.3. The first-order valence-electron chi connectivity index (χ1n) is 7.28. The molecule has 7 nitrogen and oxygen atoms in total. The molecule has 0 aliphatic carbocycles. The summed E-state index contributed by atoms with van der Waals surface area (Å²) in [5, 5.41) is 1.95. The van der Waals surface area contributed by atoms with Crippen LogP contribution < -0.4 is 5.32 Å². The number of rotatable bonds is 6. The molecule has 2 rings (SSSR count). The van der Waals surface area contributed by atoms with Crippen LogP contribution in [0.3, 0.4) is 0 Å². The van der Waals surface area contributed by atoms with Gasteiger partial charge in [-0.2, -0.15) is 0 Å². The first-order valence-corrected chi connectivity index (χ1v) is 7.28. The summed E-state index contributed by atoms with van der Waals surface area (Å²) in [6, 6.07) is 2.10. The van der Waals surface area contributed by atoms with Gasteiger partial charge in [-0.05, 0) is 18.6 Å². The molecule has 1 aromatic rings. The zero-order chi connectivity index (χ0) is 17.9. The van der Waals surface area contributed by atoms with Gasteiger partial charge in [0.05, 0.1) is 0 Å². The number of hydrogen-bond donors (Lipinski definition) is 1. The number of unbranched alkanes of at least 4 members (excludes halogenated alkanes) is 1. The Balaban J connectivity index is 2.07. The molecule has 1 heterocycles. The highest BCUT2D eigenvalue weighted by molar-refractivity contribution is 6.45. The predicted octanol–water partition coefficient (Wildman–Crippen LogP) is 1.49. The predicted molar refractivity (Wildman–Crippen MR) is 78.7 cm³/mol. The number of amides is 5. The maximum atomic E-state index is 13.5. The van der Waals surface area contributed by atoms with Crippen molar-refractivity contribution in [2.24, 2.45) is 0 Å². The first kappa shape index (κ1) is 17.5. The quantitative estimate of drug-likeness (QED) is 0.628. The maximum Gasteiger partial charge on any atom is 0.334 e. The molecule has 0 spiro atoms. The van der Waals surface area contributed by atoms with Crippen molar-refractivity contribution in [3.8, 4) is 0 Å². The van der Waals surface area contributed by atoms with E-state index in [2.05, 4.69) is 0 Å². The monoisotopic (exact) mass is 339 g/mol. The summed E-state index contributed by atoms with van der Waals surface area (Å²) in [5.41, 5.74) is -0.684. The van der Waals surface area contributed by atoms with E-state index in [4.69, 9.17) is 0 Å². The Labute approximate surface area is 136 Å². The van der Waals surface area contributed by atoms with Crippen molar-refractivity contribution in [3.05, 3.63) is 29.8 Å². The highest BCUT2D eigenvalue weighted by atomic mass is 19.1. The van der Waals surface area contributed by atoms with Gasteiger partial charge in [-0.25, -0.2) is 18.5 Å². The van der Waals surface area contributed by atoms with E-state index in [9.17, 15) is 28.0 Å². The standard InChI is InChI=1S/C15H15F2N3O4/c1-2-3-7-19-13(22)14(23)20(15(19)24)8-11(21)18-12-9(16)5-4-6-10(12)17/h4-6H,2-3,7-8H2,1H3,(H,18,21). The molecule has 1 N–H and O–H groups in total. The van der Waals surface area contributed by atoms with Crippen LogP contribution in [0.15, 0.2) is 18.2 Å². The molecule has 1 saturated heterocycles. The topological polar surface area (TPSA) is 86.8 Å². The number of urea groups is 1. The molecule has 1 fully saturated rings. The van der Waals surface area contributed by atoms with Gasteiger partial charge >= 0.3 is 17.8 Å². The van der Waals surface area contributed by atoms with E-state index in [0.29, 0.717) is 17.7 Å². The number of hydrogen-bond acceptors (Lipinski definition) is 4. The SMILES string of the molecule is CCCCN1C(=O)C(=O)N(CC(=O)Nc2c(F)cccc2F)C1=O. The van der Waals surface area contributed by atoms with E-state index in [1.165, 1.54) is 0 Å². The fourth-order valence-corrected chi connectivity index (χ4v) is 2.14. The molecule has 0 unspecified atom stereocenters. The Kier molecular flexibility index (Phi) is 5.22. The van der Waals surface area contributed by atoms with Crippen LogP contribution in [0.4, 0.5) is 19.3 Å². The normalized spacial score (nSPS) is 14.5. The van der Waals surface area contributed by atoms with Gasteiger partial charge in [0.2, 0.25) is 5.91 Å². The fraction of sp³-hybridized carbons (Fsp3) is 0.333. The molecule has 0 bridgehead atoms. The summed E-state index contributed by atoms with van der Waals surface area (Å²) in [5.74, 6) is -5.14. The van der Waals surface area contributed by atoms with Crippen LogP contribution in [0.5, 0.6) is 0 Å². The molecule has 0 radical (unpaired) electrons. The lowest BCUT2D eigenvalue weighted by Gasteiger charge is -2.15. The molecule has 5 amide bonds. The average molecular weight is 339 g/mol. The average Bonchev–Trinajstić information content (AvgIpc) is 2.73. The zero-order valence-electron chi connectivity index (χ0n) is 12.8. The first-order chi connectivity index (χ1) is 11.4. The van der Waals surface area contributed by atoms with E-state index in [0.717, 1.165) is 23.1 Å². The molecular weight excluding hydrogens is 324 g/mol. The van der Waals surface area contributed by atoms with Gasteiger partial charge in [0.1, 0.15) is 23.9 Å². The molecule has 1 aromatic carbocycles. The summed E-state index contributed by atoms with van der Waals surface area (Å²) >= 11 is 0. The van der Waals surface area contributed by atoms with E-state index >= 15 is 0 Å². The molecular formula is C15H15F2N3O4. The van der Waals surface area contributed by atoms with Crippen molar-refractivity contribution in [2.45, 2.75) is 19.8 Å². The number of benzene rings is 1. The van der Waals surface area contributed by atoms with Crippen molar-refractivity contribution in [2.75, 3.05) is 18.4 Å². The molecule has 0 atom stereocenters. The van der Waals surface area contributed by atoms with Crippen LogP contribution >= 0.6 is 0 Å². The third-order valence-electron chi connectivity index (χ3n) is 3.40. The minimum Gasteiger partial charge on any atom is -0.320 e. The Morgan fingerprint density at radius 3 is 2.25 bits per heavy atom. The molecule has 9 heteroatoms. The van der Waals surface area contributed by atoms with Crippen LogP contribution in [0, 0.1) is 11.6 Å². The second kappa shape index (κ2) is 7.16. The number of carbonyl (C=O) groups is 4. The van der Waals surface area contributed by atoms with Gasteiger partial charge in [0.15, 0.2) is 0 Å². The summed E-state index contributed by atoms with van der Waals surface area (Å²) in [4.78, 5) is 48.6. The van der Waals surface area contributed by atoms with E-state index in [1.54, 1.807) is 0 Å². The fourth-order valence-electron chi connectivity index (χ4n) is 2.14. The zero-order valence-corrected chi connectivity index (χ0v) is 12.8. The van der Waals surface area contributed by atoms with Crippen LogP contribution in [0.25, 0.3) is 0 Å². The lowest BCUT2D eigenvalue weighted by molar-refractivity contribution is -0.143. The second-order valence-electron chi connectivity index (χ2n) is 5.13. The molecule has 128 valence electrons. The molecule has 0 aromatic heterocycles. The van der Waals surface area contributed by atoms with E-state index in [-0.39, 0.29) is 6.54 Å². The highest BCUT2D eigenvalue weighted by Crippen LogP contribution is 2.18. The third-order valence-corrected chi connectivity index (χ3v) is 3.40. The van der Waals surface area contributed by atoms with Gasteiger partial charge in [-0.1, -0.05) is 19.4 Å². The smallest absolute Gasteiger partial charge is 0.320 e. The number of nitrogens with one attached hydrogen (secondary N) is 1.